The summed E-state index contributed by atoms with van der Waals surface area (Å²) >= 11 is 0. The second-order valence-electron chi connectivity index (χ2n) is 2.93. The van der Waals surface area contributed by atoms with Gasteiger partial charge in [0.05, 0.1) is 6.26 Å². The lowest BCUT2D eigenvalue weighted by molar-refractivity contribution is 0.285. The Kier molecular flexibility index (Phi) is 4.47. The average molecular weight is 215 g/mol. The molecular weight excluding hydrogens is 200 g/mol. The largest absolute Gasteiger partial charge is 0.314 e. The highest BCUT2D eigenvalue weighted by Gasteiger charge is 2.25. The first kappa shape index (κ1) is 12.2. The van der Waals surface area contributed by atoms with Gasteiger partial charge in [-0.3, -0.25) is 0 Å². The number of rotatable bonds is 1. The van der Waals surface area contributed by atoms with Gasteiger partial charge in [0.1, 0.15) is 0 Å². The van der Waals surface area contributed by atoms with Crippen LogP contribution in [0.4, 0.5) is 0 Å². The summed E-state index contributed by atoms with van der Waals surface area (Å²) < 4.78 is 23.7. The summed E-state index contributed by atoms with van der Waals surface area (Å²) in [4.78, 5) is 0. The van der Waals surface area contributed by atoms with E-state index in [4.69, 9.17) is 0 Å². The third-order valence-electron chi connectivity index (χ3n) is 1.87. The maximum absolute atomic E-state index is 11.1. The summed E-state index contributed by atoms with van der Waals surface area (Å²) in [5, 5.41) is 3.13. The van der Waals surface area contributed by atoms with Crippen LogP contribution in [-0.4, -0.2) is 44.7 Å². The van der Waals surface area contributed by atoms with Crippen LogP contribution in [0.5, 0.6) is 0 Å². The number of halogens is 1. The normalized spacial score (nSPS) is 26.3. The minimum absolute atomic E-state index is 0. The topological polar surface area (TPSA) is 49.4 Å². The molecule has 1 atom stereocenters. The van der Waals surface area contributed by atoms with Crippen molar-refractivity contribution in [2.24, 2.45) is 0 Å². The smallest absolute Gasteiger partial charge is 0.211 e. The van der Waals surface area contributed by atoms with Crippen LogP contribution in [0.15, 0.2) is 0 Å². The van der Waals surface area contributed by atoms with E-state index in [1.54, 1.807) is 0 Å². The molecule has 0 aliphatic carbocycles. The third kappa shape index (κ3) is 2.90. The number of nitrogens with one attached hydrogen (secondary N) is 1. The van der Waals surface area contributed by atoms with Crippen molar-refractivity contribution < 1.29 is 8.42 Å². The van der Waals surface area contributed by atoms with Crippen molar-refractivity contribution in [1.29, 1.82) is 0 Å². The van der Waals surface area contributed by atoms with Gasteiger partial charge >= 0.3 is 0 Å². The molecule has 1 fully saturated rings. The van der Waals surface area contributed by atoms with Gasteiger partial charge in [0, 0.05) is 25.7 Å². The molecule has 0 amide bonds. The predicted molar refractivity (Wildman–Crippen MR) is 51.1 cm³/mol. The van der Waals surface area contributed by atoms with E-state index in [0.717, 1.165) is 13.1 Å². The Morgan fingerprint density at radius 1 is 1.50 bits per heavy atom. The van der Waals surface area contributed by atoms with Crippen LogP contribution in [0.2, 0.25) is 0 Å². The first-order valence-corrected chi connectivity index (χ1v) is 5.54. The fourth-order valence-electron chi connectivity index (χ4n) is 1.32. The van der Waals surface area contributed by atoms with E-state index >= 15 is 0 Å². The number of nitrogens with zero attached hydrogens (tertiary/aromatic N) is 1. The van der Waals surface area contributed by atoms with Crippen molar-refractivity contribution in [3.05, 3.63) is 0 Å². The summed E-state index contributed by atoms with van der Waals surface area (Å²) in [5.41, 5.74) is 0. The molecule has 0 saturated carbocycles. The van der Waals surface area contributed by atoms with Gasteiger partial charge in [-0.1, -0.05) is 0 Å². The van der Waals surface area contributed by atoms with Gasteiger partial charge in [0.15, 0.2) is 0 Å². The number of hydrogen-bond donors (Lipinski definition) is 1. The van der Waals surface area contributed by atoms with E-state index in [9.17, 15) is 8.42 Å². The van der Waals surface area contributed by atoms with Gasteiger partial charge < -0.3 is 5.32 Å². The van der Waals surface area contributed by atoms with Crippen molar-refractivity contribution in [2.45, 2.75) is 13.0 Å². The summed E-state index contributed by atoms with van der Waals surface area (Å²) in [5.74, 6) is 0. The van der Waals surface area contributed by atoms with Gasteiger partial charge in [-0.2, -0.15) is 4.31 Å². The fourth-order valence-corrected chi connectivity index (χ4v) is 2.47. The third-order valence-corrected chi connectivity index (χ3v) is 3.26. The average Bonchev–Trinajstić information content (AvgIpc) is 1.86. The molecule has 0 aromatic carbocycles. The second kappa shape index (κ2) is 4.41. The van der Waals surface area contributed by atoms with Crippen molar-refractivity contribution in [3.63, 3.8) is 0 Å². The van der Waals surface area contributed by atoms with Crippen molar-refractivity contribution in [2.75, 3.05) is 25.9 Å². The van der Waals surface area contributed by atoms with Crippen LogP contribution < -0.4 is 5.32 Å². The molecular formula is C6H15ClN2O2S. The lowest BCUT2D eigenvalue weighted by atomic mass is 10.3. The lowest BCUT2D eigenvalue weighted by Gasteiger charge is -2.31. The molecule has 4 nitrogen and oxygen atoms in total. The highest BCUT2D eigenvalue weighted by Crippen LogP contribution is 2.06. The molecule has 0 aromatic rings. The molecule has 12 heavy (non-hydrogen) atoms. The number of piperazine rings is 1. The Labute approximate surface area is 79.8 Å². The Hall–Kier alpha value is 0.160. The van der Waals surface area contributed by atoms with Gasteiger partial charge in [-0.05, 0) is 6.92 Å². The van der Waals surface area contributed by atoms with Crippen LogP contribution in [-0.2, 0) is 10.0 Å². The molecule has 1 heterocycles. The highest BCUT2D eigenvalue weighted by atomic mass is 35.5. The number of hydrogen-bond acceptors (Lipinski definition) is 3. The zero-order chi connectivity index (χ0) is 8.48. The van der Waals surface area contributed by atoms with Crippen LogP contribution in [0.1, 0.15) is 6.92 Å². The summed E-state index contributed by atoms with van der Waals surface area (Å²) in [6.45, 7) is 4.03. The lowest BCUT2D eigenvalue weighted by Crippen LogP contribution is -2.51. The van der Waals surface area contributed by atoms with Gasteiger partial charge in [0.2, 0.25) is 10.0 Å². The maximum Gasteiger partial charge on any atom is 0.211 e. The van der Waals surface area contributed by atoms with Crippen LogP contribution in [0.25, 0.3) is 0 Å². The SMILES string of the molecule is C[C@H]1CNCCN1S(C)(=O)=O.Cl. The molecule has 1 rings (SSSR count). The summed E-state index contributed by atoms with van der Waals surface area (Å²) in [7, 11) is -2.98. The molecule has 1 saturated heterocycles. The molecule has 0 unspecified atom stereocenters. The maximum atomic E-state index is 11.1. The molecule has 6 heteroatoms. The summed E-state index contributed by atoms with van der Waals surface area (Å²) in [6, 6.07) is 0.0961. The van der Waals surface area contributed by atoms with E-state index in [1.807, 2.05) is 6.92 Å². The van der Waals surface area contributed by atoms with Crippen LogP contribution in [0.3, 0.4) is 0 Å². The second-order valence-corrected chi connectivity index (χ2v) is 4.86. The molecule has 1 aliphatic heterocycles. The van der Waals surface area contributed by atoms with Crippen LogP contribution in [0, 0.1) is 0 Å². The molecule has 0 aromatic heterocycles. The molecule has 1 N–H and O–H groups in total. The van der Waals surface area contributed by atoms with Gasteiger partial charge in [0.25, 0.3) is 0 Å². The zero-order valence-corrected chi connectivity index (χ0v) is 8.91. The van der Waals surface area contributed by atoms with Crippen molar-refractivity contribution >= 4 is 22.4 Å². The quantitative estimate of drug-likeness (QED) is 0.650. The zero-order valence-electron chi connectivity index (χ0n) is 7.28. The first-order chi connectivity index (χ1) is 5.02. The predicted octanol–water partition coefficient (Wildman–Crippen LogP) is -0.338. The van der Waals surface area contributed by atoms with E-state index < -0.39 is 10.0 Å². The van der Waals surface area contributed by atoms with E-state index in [2.05, 4.69) is 5.32 Å². The Bertz CT molecular complexity index is 230. The van der Waals surface area contributed by atoms with Crippen molar-refractivity contribution in [1.82, 2.24) is 9.62 Å². The first-order valence-electron chi connectivity index (χ1n) is 3.69. The molecule has 0 bridgehead atoms. The monoisotopic (exact) mass is 214 g/mol. The molecule has 74 valence electrons. The van der Waals surface area contributed by atoms with E-state index in [1.165, 1.54) is 10.6 Å². The van der Waals surface area contributed by atoms with Gasteiger partial charge in [-0.25, -0.2) is 8.42 Å². The Morgan fingerprint density at radius 2 is 2.08 bits per heavy atom. The highest BCUT2D eigenvalue weighted by molar-refractivity contribution is 7.88. The van der Waals surface area contributed by atoms with Crippen LogP contribution >= 0.6 is 12.4 Å². The fraction of sp³-hybridized carbons (Fsp3) is 1.00. The van der Waals surface area contributed by atoms with E-state index in [-0.39, 0.29) is 18.4 Å². The minimum atomic E-state index is -2.98. The summed E-state index contributed by atoms with van der Waals surface area (Å²) in [6.07, 6.45) is 1.26. The minimum Gasteiger partial charge on any atom is -0.314 e. The molecule has 0 spiro atoms. The van der Waals surface area contributed by atoms with E-state index in [0.29, 0.717) is 6.54 Å². The van der Waals surface area contributed by atoms with Gasteiger partial charge in [-0.15, -0.1) is 12.4 Å². The Morgan fingerprint density at radius 3 is 2.42 bits per heavy atom. The Balaban J connectivity index is 0.00000121. The van der Waals surface area contributed by atoms with Crippen molar-refractivity contribution in [3.8, 4) is 0 Å². The standard InChI is InChI=1S/C6H14N2O2S.ClH/c1-6-5-7-3-4-8(6)11(2,9)10;/h6-7H,3-5H2,1-2H3;1H/t6-;/m0./s1. The molecule has 0 radical (unpaired) electrons. The number of sulfonamides is 1. The molecule has 1 aliphatic rings.